The van der Waals surface area contributed by atoms with Gasteiger partial charge in [0.05, 0.1) is 0 Å². The van der Waals surface area contributed by atoms with Crippen molar-refractivity contribution < 1.29 is 5.11 Å². The molecule has 2 aromatic carbocycles. The fraction of sp³-hybridized carbons (Fsp3) is 0.176. The highest BCUT2D eigenvalue weighted by Gasteiger charge is 2.28. The zero-order valence-corrected chi connectivity index (χ0v) is 11.3. The Balaban J connectivity index is 0.000000550. The molecular weight excluding hydrogens is 234 g/mol. The molecule has 0 atom stereocenters. The number of nitrogens with one attached hydrogen (secondary N) is 1. The number of terminal acetylenes is 1. The van der Waals surface area contributed by atoms with Gasteiger partial charge in [0.1, 0.15) is 0 Å². The Labute approximate surface area is 115 Å². The molecule has 0 aromatic heterocycles. The van der Waals surface area contributed by atoms with Crippen LogP contribution in [-0.2, 0) is 5.60 Å². The van der Waals surface area contributed by atoms with Crippen molar-refractivity contribution in [2.24, 2.45) is 0 Å². The average molecular weight is 253 g/mol. The summed E-state index contributed by atoms with van der Waals surface area (Å²) in [5, 5.41) is 13.3. The smallest absolute Gasteiger partial charge is 0.176 e. The third-order valence-electron chi connectivity index (χ3n) is 2.59. The van der Waals surface area contributed by atoms with E-state index < -0.39 is 5.60 Å². The molecule has 0 bridgehead atoms. The third kappa shape index (κ3) is 3.69. The number of hydrogen-bond donors (Lipinski definition) is 2. The molecule has 0 saturated carbocycles. The number of hydrogen-bond acceptors (Lipinski definition) is 2. The predicted molar refractivity (Wildman–Crippen MR) is 79.7 cm³/mol. The predicted octanol–water partition coefficient (Wildman–Crippen LogP) is 2.39. The zero-order valence-electron chi connectivity index (χ0n) is 11.3. The minimum Gasteiger partial charge on any atom is -0.369 e. The monoisotopic (exact) mass is 253 g/mol. The van der Waals surface area contributed by atoms with Crippen LogP contribution in [0.5, 0.6) is 0 Å². The van der Waals surface area contributed by atoms with Crippen LogP contribution >= 0.6 is 0 Å². The van der Waals surface area contributed by atoms with Gasteiger partial charge in [0.25, 0.3) is 0 Å². The largest absolute Gasteiger partial charge is 0.369 e. The number of rotatable bonds is 2. The molecule has 0 radical (unpaired) electrons. The van der Waals surface area contributed by atoms with E-state index in [4.69, 9.17) is 6.42 Å². The van der Waals surface area contributed by atoms with Gasteiger partial charge in [-0.25, -0.2) is 0 Å². The van der Waals surface area contributed by atoms with Gasteiger partial charge >= 0.3 is 0 Å². The molecule has 2 nitrogen and oxygen atoms in total. The lowest BCUT2D eigenvalue weighted by atomic mass is 9.87. The lowest BCUT2D eigenvalue weighted by molar-refractivity contribution is 0.145. The third-order valence-corrected chi connectivity index (χ3v) is 2.59. The molecule has 0 amide bonds. The highest BCUT2D eigenvalue weighted by atomic mass is 16.3. The Morgan fingerprint density at radius 1 is 0.895 bits per heavy atom. The summed E-state index contributed by atoms with van der Waals surface area (Å²) in [6.45, 7) is 0. The first-order valence-corrected chi connectivity index (χ1v) is 6.08. The quantitative estimate of drug-likeness (QED) is 0.805. The minimum atomic E-state index is -1.34. The molecule has 0 aliphatic heterocycles. The van der Waals surface area contributed by atoms with Gasteiger partial charge in [-0.15, -0.1) is 6.42 Å². The van der Waals surface area contributed by atoms with Crippen molar-refractivity contribution in [1.29, 1.82) is 0 Å². The summed E-state index contributed by atoms with van der Waals surface area (Å²) in [7, 11) is 3.75. The van der Waals surface area contributed by atoms with Crippen LogP contribution in [0.1, 0.15) is 11.1 Å². The summed E-state index contributed by atoms with van der Waals surface area (Å²) in [4.78, 5) is 0. The maximum absolute atomic E-state index is 10.5. The molecule has 2 rings (SSSR count). The van der Waals surface area contributed by atoms with Gasteiger partial charge in [-0.05, 0) is 14.1 Å². The van der Waals surface area contributed by atoms with Crippen LogP contribution in [0.25, 0.3) is 0 Å². The average Bonchev–Trinajstić information content (AvgIpc) is 2.49. The molecule has 0 saturated heterocycles. The minimum absolute atomic E-state index is 0.712. The van der Waals surface area contributed by atoms with Crippen LogP contribution in [0.4, 0.5) is 0 Å². The standard InChI is InChI=1S/C15H12O.C2H7N/c1-2-15(16,13-9-5-3-6-10-13)14-11-7-4-8-12-14;1-3-2/h1,3-12,16H;3H,1-2H3. The first kappa shape index (κ1) is 15.0. The molecule has 0 aliphatic rings. The second-order valence-corrected chi connectivity index (χ2v) is 4.09. The van der Waals surface area contributed by atoms with E-state index in [2.05, 4.69) is 11.2 Å². The van der Waals surface area contributed by atoms with Gasteiger partial charge in [0.2, 0.25) is 0 Å². The SMILES string of the molecule is C#CC(O)(c1ccccc1)c1ccccc1.CNC. The molecule has 0 fully saturated rings. The van der Waals surface area contributed by atoms with Crippen LogP contribution in [-0.4, -0.2) is 19.2 Å². The normalized spacial score (nSPS) is 10.0. The van der Waals surface area contributed by atoms with E-state index in [-0.39, 0.29) is 0 Å². The van der Waals surface area contributed by atoms with E-state index in [9.17, 15) is 5.11 Å². The molecule has 0 unspecified atom stereocenters. The summed E-state index contributed by atoms with van der Waals surface area (Å²) in [6, 6.07) is 18.5. The molecule has 0 spiro atoms. The van der Waals surface area contributed by atoms with Crippen LogP contribution < -0.4 is 5.32 Å². The maximum Gasteiger partial charge on any atom is 0.176 e. The Bertz CT molecular complexity index is 474. The Hall–Kier alpha value is -2.08. The van der Waals surface area contributed by atoms with Crippen LogP contribution in [0.2, 0.25) is 0 Å². The van der Waals surface area contributed by atoms with Crippen molar-refractivity contribution in [2.75, 3.05) is 14.1 Å². The van der Waals surface area contributed by atoms with Crippen molar-refractivity contribution in [3.8, 4) is 12.3 Å². The molecular formula is C17H19NO. The summed E-state index contributed by atoms with van der Waals surface area (Å²) in [6.07, 6.45) is 5.47. The molecule has 19 heavy (non-hydrogen) atoms. The Morgan fingerprint density at radius 3 is 1.47 bits per heavy atom. The Morgan fingerprint density at radius 2 is 1.21 bits per heavy atom. The molecule has 2 aromatic rings. The van der Waals surface area contributed by atoms with Gasteiger partial charge in [-0.1, -0.05) is 66.6 Å². The van der Waals surface area contributed by atoms with Gasteiger partial charge in [0.15, 0.2) is 5.60 Å². The lowest BCUT2D eigenvalue weighted by Crippen LogP contribution is -2.24. The van der Waals surface area contributed by atoms with Gasteiger partial charge < -0.3 is 10.4 Å². The van der Waals surface area contributed by atoms with E-state index in [1.807, 2.05) is 74.8 Å². The molecule has 0 aliphatic carbocycles. The second-order valence-electron chi connectivity index (χ2n) is 4.09. The van der Waals surface area contributed by atoms with Crippen LogP contribution in [0.3, 0.4) is 0 Å². The van der Waals surface area contributed by atoms with Crippen molar-refractivity contribution in [1.82, 2.24) is 5.32 Å². The van der Waals surface area contributed by atoms with Crippen molar-refractivity contribution in [3.63, 3.8) is 0 Å². The highest BCUT2D eigenvalue weighted by molar-refractivity contribution is 5.43. The van der Waals surface area contributed by atoms with Crippen LogP contribution in [0.15, 0.2) is 60.7 Å². The first-order chi connectivity index (χ1) is 9.19. The zero-order chi connectivity index (χ0) is 14.1. The maximum atomic E-state index is 10.5. The van der Waals surface area contributed by atoms with E-state index >= 15 is 0 Å². The van der Waals surface area contributed by atoms with Crippen molar-refractivity contribution in [3.05, 3.63) is 71.8 Å². The van der Waals surface area contributed by atoms with Gasteiger partial charge in [0, 0.05) is 11.1 Å². The lowest BCUT2D eigenvalue weighted by Gasteiger charge is -2.23. The van der Waals surface area contributed by atoms with Crippen molar-refractivity contribution >= 4 is 0 Å². The summed E-state index contributed by atoms with van der Waals surface area (Å²) in [5.74, 6) is 2.47. The number of aliphatic hydroxyl groups is 1. The fourth-order valence-electron chi connectivity index (χ4n) is 1.69. The van der Waals surface area contributed by atoms with Gasteiger partial charge in [-0.2, -0.15) is 0 Å². The molecule has 0 heterocycles. The van der Waals surface area contributed by atoms with E-state index in [0.717, 1.165) is 0 Å². The molecule has 2 N–H and O–H groups in total. The first-order valence-electron chi connectivity index (χ1n) is 6.08. The summed E-state index contributed by atoms with van der Waals surface area (Å²) < 4.78 is 0. The highest BCUT2D eigenvalue weighted by Crippen LogP contribution is 2.28. The second kappa shape index (κ2) is 7.38. The topological polar surface area (TPSA) is 32.3 Å². The summed E-state index contributed by atoms with van der Waals surface area (Å²) >= 11 is 0. The Kier molecular flexibility index (Phi) is 5.81. The van der Waals surface area contributed by atoms with Crippen LogP contribution in [0, 0.1) is 12.3 Å². The van der Waals surface area contributed by atoms with Gasteiger partial charge in [-0.3, -0.25) is 0 Å². The van der Waals surface area contributed by atoms with E-state index in [1.54, 1.807) is 0 Å². The number of benzene rings is 2. The van der Waals surface area contributed by atoms with E-state index in [1.165, 1.54) is 0 Å². The summed E-state index contributed by atoms with van der Waals surface area (Å²) in [5.41, 5.74) is 0.0788. The van der Waals surface area contributed by atoms with E-state index in [0.29, 0.717) is 11.1 Å². The molecule has 98 valence electrons. The molecule has 2 heteroatoms. The fourth-order valence-corrected chi connectivity index (χ4v) is 1.69. The van der Waals surface area contributed by atoms with Crippen molar-refractivity contribution in [2.45, 2.75) is 5.60 Å².